The predicted molar refractivity (Wildman–Crippen MR) is 114 cm³/mol. The largest absolute Gasteiger partial charge is 0.497 e. The Morgan fingerprint density at radius 1 is 1.07 bits per heavy atom. The van der Waals surface area contributed by atoms with Gasteiger partial charge in [0.15, 0.2) is 17.2 Å². The smallest absolute Gasteiger partial charge is 0.345 e. The molecular weight excluding hydrogens is 404 g/mol. The van der Waals surface area contributed by atoms with Crippen molar-refractivity contribution in [3.8, 4) is 22.9 Å². The maximum Gasteiger partial charge on any atom is 0.345 e. The summed E-state index contributed by atoms with van der Waals surface area (Å²) in [5.41, 5.74) is 5.05. The summed E-state index contributed by atoms with van der Waals surface area (Å²) in [6, 6.07) is 14.8. The number of benzene rings is 2. The molecule has 0 saturated carbocycles. The summed E-state index contributed by atoms with van der Waals surface area (Å²) < 4.78 is 17.8. The maximum absolute atomic E-state index is 12.7. The van der Waals surface area contributed by atoms with Gasteiger partial charge in [-0.15, -0.1) is 10.2 Å². The molecule has 0 bridgehead atoms. The van der Waals surface area contributed by atoms with Crippen LogP contribution in [0.25, 0.3) is 28.1 Å². The van der Waals surface area contributed by atoms with E-state index in [0.717, 1.165) is 16.7 Å². The Labute approximate surface area is 175 Å². The first-order chi connectivity index (χ1) is 14.7. The Bertz CT molecular complexity index is 1340. The van der Waals surface area contributed by atoms with Crippen LogP contribution in [0.15, 0.2) is 68.3 Å². The number of hydrogen-bond acceptors (Lipinski definition) is 8. The van der Waals surface area contributed by atoms with E-state index < -0.39 is 5.63 Å². The van der Waals surface area contributed by atoms with Crippen LogP contribution in [-0.4, -0.2) is 29.1 Å². The van der Waals surface area contributed by atoms with Crippen LogP contribution < -0.4 is 20.5 Å². The van der Waals surface area contributed by atoms with Crippen LogP contribution in [0.5, 0.6) is 11.5 Å². The van der Waals surface area contributed by atoms with Crippen LogP contribution in [0.2, 0.25) is 0 Å². The molecule has 0 saturated heterocycles. The van der Waals surface area contributed by atoms with E-state index >= 15 is 0 Å². The molecule has 0 spiro atoms. The third-order valence-electron chi connectivity index (χ3n) is 4.73. The third-order valence-corrected chi connectivity index (χ3v) is 5.56. The first-order valence-corrected chi connectivity index (χ1v) is 9.91. The van der Waals surface area contributed by atoms with E-state index in [1.54, 1.807) is 31.0 Å². The number of nitrogens with one attached hydrogen (secondary N) is 1. The van der Waals surface area contributed by atoms with Crippen molar-refractivity contribution in [2.24, 2.45) is 0 Å². The summed E-state index contributed by atoms with van der Waals surface area (Å²) in [6.45, 7) is 0. The number of thioether (sulfide) groups is 1. The fraction of sp³-hybridized carbons (Fsp3) is 0.0952. The second-order valence-electron chi connectivity index (χ2n) is 6.46. The predicted octanol–water partition coefficient (Wildman–Crippen LogP) is 3.72. The lowest BCUT2D eigenvalue weighted by atomic mass is 10.1. The first-order valence-electron chi connectivity index (χ1n) is 9.03. The quantitative estimate of drug-likeness (QED) is 0.500. The molecule has 1 N–H and O–H groups in total. The van der Waals surface area contributed by atoms with Gasteiger partial charge >= 0.3 is 5.63 Å². The van der Waals surface area contributed by atoms with Gasteiger partial charge in [0.05, 0.1) is 25.5 Å². The van der Waals surface area contributed by atoms with Crippen molar-refractivity contribution in [2.75, 3.05) is 19.6 Å². The Morgan fingerprint density at radius 3 is 2.67 bits per heavy atom. The fourth-order valence-electron chi connectivity index (χ4n) is 3.22. The second kappa shape index (κ2) is 7.27. The highest BCUT2D eigenvalue weighted by molar-refractivity contribution is 8.02. The zero-order valence-corrected chi connectivity index (χ0v) is 16.9. The molecule has 0 unspecified atom stereocenters. The van der Waals surface area contributed by atoms with Crippen molar-refractivity contribution in [2.45, 2.75) is 5.16 Å². The number of methoxy groups -OCH3 is 2. The molecule has 1 aliphatic rings. The van der Waals surface area contributed by atoms with E-state index in [-0.39, 0.29) is 0 Å². The summed E-state index contributed by atoms with van der Waals surface area (Å²) in [5, 5.41) is 11.8. The van der Waals surface area contributed by atoms with Crippen LogP contribution in [0, 0.1) is 0 Å². The molecule has 3 heterocycles. The summed E-state index contributed by atoms with van der Waals surface area (Å²) in [4.78, 5) is 12.7. The molecule has 0 fully saturated rings. The molecule has 1 aliphatic heterocycles. The highest BCUT2D eigenvalue weighted by Gasteiger charge is 2.22. The van der Waals surface area contributed by atoms with Gasteiger partial charge in [-0.1, -0.05) is 23.9 Å². The summed E-state index contributed by atoms with van der Waals surface area (Å²) in [6.07, 6.45) is 0. The molecule has 150 valence electrons. The van der Waals surface area contributed by atoms with Crippen molar-refractivity contribution in [1.29, 1.82) is 0 Å². The van der Waals surface area contributed by atoms with Gasteiger partial charge in [0.2, 0.25) is 5.16 Å². The van der Waals surface area contributed by atoms with Gasteiger partial charge in [0, 0.05) is 16.4 Å². The van der Waals surface area contributed by atoms with E-state index in [9.17, 15) is 4.79 Å². The Hall–Kier alpha value is -3.72. The minimum Gasteiger partial charge on any atom is -0.497 e. The van der Waals surface area contributed by atoms with Gasteiger partial charge in [-0.05, 0) is 36.4 Å². The minimum absolute atomic E-state index is 0.406. The lowest BCUT2D eigenvalue weighted by Gasteiger charge is -2.18. The van der Waals surface area contributed by atoms with Crippen molar-refractivity contribution < 1.29 is 13.9 Å². The number of aromatic nitrogens is 3. The monoisotopic (exact) mass is 420 g/mol. The average Bonchev–Trinajstić information content (AvgIpc) is 3.21. The lowest BCUT2D eigenvalue weighted by molar-refractivity contribution is 0.406. The zero-order chi connectivity index (χ0) is 20.7. The van der Waals surface area contributed by atoms with Gasteiger partial charge in [-0.3, -0.25) is 5.43 Å². The van der Waals surface area contributed by atoms with Crippen molar-refractivity contribution in [3.63, 3.8) is 0 Å². The van der Waals surface area contributed by atoms with Gasteiger partial charge < -0.3 is 13.9 Å². The topological polar surface area (TPSA) is 91.4 Å². The van der Waals surface area contributed by atoms with E-state index in [2.05, 4.69) is 15.6 Å². The molecule has 9 heteroatoms. The van der Waals surface area contributed by atoms with E-state index in [1.165, 1.54) is 11.8 Å². The summed E-state index contributed by atoms with van der Waals surface area (Å²) in [5.74, 6) is 1.89. The van der Waals surface area contributed by atoms with Crippen molar-refractivity contribution in [1.82, 2.24) is 14.9 Å². The number of ether oxygens (including phenoxy) is 2. The lowest BCUT2D eigenvalue weighted by Crippen LogP contribution is -2.21. The normalized spacial score (nSPS) is 12.8. The Morgan fingerprint density at radius 2 is 1.90 bits per heavy atom. The molecule has 0 radical (unpaired) electrons. The van der Waals surface area contributed by atoms with Gasteiger partial charge in [0.1, 0.15) is 5.75 Å². The molecule has 0 atom stereocenters. The van der Waals surface area contributed by atoms with Crippen LogP contribution >= 0.6 is 11.8 Å². The van der Waals surface area contributed by atoms with E-state index in [0.29, 0.717) is 33.6 Å². The SMILES string of the molecule is COc1ccc(-c2nnc3n2NC(c2cc4cccc(OC)c4oc2=O)=CS3)cc1. The number of nitrogens with zero attached hydrogens (tertiary/aromatic N) is 3. The standard InChI is InChI=1S/C21H16N4O4S/c1-27-14-8-6-12(7-9-14)19-22-23-21-25(19)24-16(11-30-21)15-10-13-4-3-5-17(28-2)18(13)29-20(15)26/h3-11,24H,1-2H3. The first kappa shape index (κ1) is 18.3. The Balaban J connectivity index is 1.54. The van der Waals surface area contributed by atoms with E-state index in [4.69, 9.17) is 13.9 Å². The zero-order valence-electron chi connectivity index (χ0n) is 16.1. The molecule has 8 nitrogen and oxygen atoms in total. The van der Waals surface area contributed by atoms with Crippen LogP contribution in [-0.2, 0) is 0 Å². The van der Waals surface area contributed by atoms with Crippen LogP contribution in [0.1, 0.15) is 5.56 Å². The van der Waals surface area contributed by atoms with Gasteiger partial charge in [0.25, 0.3) is 0 Å². The molecule has 5 rings (SSSR count). The molecule has 0 amide bonds. The maximum atomic E-state index is 12.7. The van der Waals surface area contributed by atoms with Gasteiger partial charge in [-0.2, -0.15) is 0 Å². The molecule has 30 heavy (non-hydrogen) atoms. The number of para-hydroxylation sites is 1. The summed E-state index contributed by atoms with van der Waals surface area (Å²) in [7, 11) is 3.16. The third kappa shape index (κ3) is 3.00. The second-order valence-corrected chi connectivity index (χ2v) is 7.29. The molecule has 2 aromatic heterocycles. The molecule has 2 aromatic carbocycles. The fourth-order valence-corrected chi connectivity index (χ4v) is 3.95. The molecule has 4 aromatic rings. The van der Waals surface area contributed by atoms with Crippen molar-refractivity contribution >= 4 is 28.4 Å². The summed E-state index contributed by atoms with van der Waals surface area (Å²) >= 11 is 1.37. The highest BCUT2D eigenvalue weighted by Crippen LogP contribution is 2.32. The van der Waals surface area contributed by atoms with Gasteiger partial charge in [-0.25, -0.2) is 9.47 Å². The average molecular weight is 420 g/mol. The number of rotatable bonds is 4. The van der Waals surface area contributed by atoms with Crippen LogP contribution in [0.3, 0.4) is 0 Å². The molecular formula is C21H16N4O4S. The Kier molecular flexibility index (Phi) is 4.44. The minimum atomic E-state index is -0.464. The molecule has 0 aliphatic carbocycles. The number of hydrogen-bond donors (Lipinski definition) is 1. The van der Waals surface area contributed by atoms with Crippen molar-refractivity contribution in [3.05, 3.63) is 69.9 Å². The van der Waals surface area contributed by atoms with E-state index in [1.807, 2.05) is 41.8 Å². The van der Waals surface area contributed by atoms with Crippen LogP contribution in [0.4, 0.5) is 0 Å². The highest BCUT2D eigenvalue weighted by atomic mass is 32.2. The number of fused-ring (bicyclic) bond motifs is 2.